The molecule has 4 rings (SSSR count). The minimum Gasteiger partial charge on any atom is -0.493 e. The van der Waals surface area contributed by atoms with Gasteiger partial charge in [-0.05, 0) is 25.5 Å². The zero-order valence-electron chi connectivity index (χ0n) is 19.1. The molecule has 2 aliphatic rings. The lowest BCUT2D eigenvalue weighted by Gasteiger charge is -2.35. The molecule has 2 aliphatic heterocycles. The number of anilines is 2. The lowest BCUT2D eigenvalue weighted by atomic mass is 10.1. The molecule has 2 fully saturated rings. The molecule has 180 valence electrons. The number of piperazine rings is 1. The second-order valence-corrected chi connectivity index (χ2v) is 8.23. The molecule has 3 heterocycles. The third-order valence-electron chi connectivity index (χ3n) is 6.12. The largest absolute Gasteiger partial charge is 0.493 e. The number of methoxy groups -OCH3 is 2. The summed E-state index contributed by atoms with van der Waals surface area (Å²) in [5.41, 5.74) is 6.23. The van der Waals surface area contributed by atoms with Crippen LogP contribution in [-0.2, 0) is 9.53 Å². The van der Waals surface area contributed by atoms with Crippen LogP contribution in [0.4, 0.5) is 16.2 Å². The summed E-state index contributed by atoms with van der Waals surface area (Å²) in [6.07, 6.45) is 2.69. The standard InChI is InChI=1S/C22H31FN6O4/c1-31-10-11-33-20-16(32-2)13-15-19(18(20)23)26-22(27-21(15)24)29-8-6-28(7-9-29)17(30)12-14-4-3-5-25-14/h13-14,25H,3-12H2,1-2H3,(H2,24,26,27)/t14-/m0/s1. The second kappa shape index (κ2) is 10.3. The summed E-state index contributed by atoms with van der Waals surface area (Å²) in [4.78, 5) is 25.2. The third kappa shape index (κ3) is 5.03. The Morgan fingerprint density at radius 1 is 1.24 bits per heavy atom. The highest BCUT2D eigenvalue weighted by molar-refractivity contribution is 5.92. The number of hydrogen-bond acceptors (Lipinski definition) is 9. The Hall–Kier alpha value is -2.92. The van der Waals surface area contributed by atoms with E-state index in [0.717, 1.165) is 19.4 Å². The number of halogens is 1. The molecule has 0 aliphatic carbocycles. The van der Waals surface area contributed by atoms with E-state index in [-0.39, 0.29) is 41.4 Å². The van der Waals surface area contributed by atoms with Gasteiger partial charge in [-0.3, -0.25) is 4.79 Å². The summed E-state index contributed by atoms with van der Waals surface area (Å²) in [6.45, 7) is 3.65. The zero-order chi connectivity index (χ0) is 23.4. The highest BCUT2D eigenvalue weighted by Crippen LogP contribution is 2.38. The number of fused-ring (bicyclic) bond motifs is 1. The number of hydrogen-bond donors (Lipinski definition) is 2. The van der Waals surface area contributed by atoms with Crippen LogP contribution in [0.1, 0.15) is 19.3 Å². The SMILES string of the molecule is COCCOc1c(OC)cc2c(N)nc(N3CCN(C(=O)C[C@@H]4CCCN4)CC3)nc2c1F. The van der Waals surface area contributed by atoms with Crippen molar-refractivity contribution >= 4 is 28.6 Å². The molecule has 2 saturated heterocycles. The van der Waals surface area contributed by atoms with Crippen molar-refractivity contribution in [2.24, 2.45) is 0 Å². The number of benzene rings is 1. The summed E-state index contributed by atoms with van der Waals surface area (Å²) in [5, 5.41) is 3.72. The molecular weight excluding hydrogens is 431 g/mol. The third-order valence-corrected chi connectivity index (χ3v) is 6.12. The first-order chi connectivity index (χ1) is 16.0. The average molecular weight is 463 g/mol. The first-order valence-corrected chi connectivity index (χ1v) is 11.2. The van der Waals surface area contributed by atoms with Crippen LogP contribution in [-0.4, -0.2) is 87.0 Å². The van der Waals surface area contributed by atoms with Crippen molar-refractivity contribution in [2.75, 3.05) is 70.8 Å². The lowest BCUT2D eigenvalue weighted by molar-refractivity contribution is -0.131. The van der Waals surface area contributed by atoms with E-state index < -0.39 is 5.82 Å². The quantitative estimate of drug-likeness (QED) is 0.558. The molecule has 3 N–H and O–H groups in total. The molecule has 33 heavy (non-hydrogen) atoms. The fourth-order valence-electron chi connectivity index (χ4n) is 4.28. The van der Waals surface area contributed by atoms with Gasteiger partial charge in [-0.15, -0.1) is 0 Å². The number of amides is 1. The van der Waals surface area contributed by atoms with E-state index >= 15 is 4.39 Å². The van der Waals surface area contributed by atoms with Crippen molar-refractivity contribution in [3.63, 3.8) is 0 Å². The number of carbonyl (C=O) groups excluding carboxylic acids is 1. The summed E-state index contributed by atoms with van der Waals surface area (Å²) in [7, 11) is 2.97. The molecular formula is C22H31FN6O4. The van der Waals surface area contributed by atoms with Crippen LogP contribution < -0.4 is 25.4 Å². The number of nitrogen functional groups attached to an aromatic ring is 1. The van der Waals surface area contributed by atoms with Gasteiger partial charge < -0.3 is 35.1 Å². The van der Waals surface area contributed by atoms with Crippen LogP contribution in [0.25, 0.3) is 10.9 Å². The molecule has 0 unspecified atom stereocenters. The first-order valence-electron chi connectivity index (χ1n) is 11.2. The van der Waals surface area contributed by atoms with Gasteiger partial charge in [0.05, 0.1) is 13.7 Å². The first kappa shape index (κ1) is 23.2. The highest BCUT2D eigenvalue weighted by Gasteiger charge is 2.27. The van der Waals surface area contributed by atoms with Gasteiger partial charge in [0.15, 0.2) is 17.3 Å². The van der Waals surface area contributed by atoms with Gasteiger partial charge >= 0.3 is 0 Å². The Morgan fingerprint density at radius 2 is 2.03 bits per heavy atom. The van der Waals surface area contributed by atoms with E-state index in [1.165, 1.54) is 14.2 Å². The van der Waals surface area contributed by atoms with Gasteiger partial charge in [0.25, 0.3) is 0 Å². The van der Waals surface area contributed by atoms with Crippen molar-refractivity contribution in [1.29, 1.82) is 0 Å². The monoisotopic (exact) mass is 462 g/mol. The Labute approximate surface area is 192 Å². The molecule has 0 radical (unpaired) electrons. The van der Waals surface area contributed by atoms with E-state index in [2.05, 4.69) is 15.3 Å². The predicted molar refractivity (Wildman–Crippen MR) is 122 cm³/mol. The summed E-state index contributed by atoms with van der Waals surface area (Å²) >= 11 is 0. The fourth-order valence-corrected chi connectivity index (χ4v) is 4.28. The fraction of sp³-hybridized carbons (Fsp3) is 0.591. The topological polar surface area (TPSA) is 115 Å². The van der Waals surface area contributed by atoms with Crippen LogP contribution in [0.3, 0.4) is 0 Å². The zero-order valence-corrected chi connectivity index (χ0v) is 19.1. The normalized spacial score (nSPS) is 18.7. The molecule has 1 aromatic carbocycles. The molecule has 1 amide bonds. The van der Waals surface area contributed by atoms with Crippen molar-refractivity contribution in [1.82, 2.24) is 20.2 Å². The minimum atomic E-state index is -0.659. The van der Waals surface area contributed by atoms with Gasteiger partial charge in [-0.25, -0.2) is 9.37 Å². The lowest BCUT2D eigenvalue weighted by Crippen LogP contribution is -2.50. The number of rotatable bonds is 8. The van der Waals surface area contributed by atoms with Crippen LogP contribution in [0, 0.1) is 5.82 Å². The van der Waals surface area contributed by atoms with Gasteiger partial charge in [-0.2, -0.15) is 4.98 Å². The number of nitrogens with zero attached hydrogens (tertiary/aromatic N) is 4. The summed E-state index contributed by atoms with van der Waals surface area (Å²) < 4.78 is 31.2. The van der Waals surface area contributed by atoms with E-state index in [9.17, 15) is 4.79 Å². The summed E-state index contributed by atoms with van der Waals surface area (Å²) in [5.74, 6) is 0.153. The molecule has 11 heteroatoms. The van der Waals surface area contributed by atoms with Crippen molar-refractivity contribution in [2.45, 2.75) is 25.3 Å². The molecule has 1 aromatic heterocycles. The van der Waals surface area contributed by atoms with Crippen LogP contribution in [0.5, 0.6) is 11.5 Å². The van der Waals surface area contributed by atoms with Crippen LogP contribution >= 0.6 is 0 Å². The second-order valence-electron chi connectivity index (χ2n) is 8.23. The average Bonchev–Trinajstić information content (AvgIpc) is 3.34. The molecule has 0 saturated carbocycles. The maximum absolute atomic E-state index is 15.4. The Morgan fingerprint density at radius 3 is 2.70 bits per heavy atom. The van der Waals surface area contributed by atoms with Crippen LogP contribution in [0.2, 0.25) is 0 Å². The Bertz CT molecular complexity index is 993. The predicted octanol–water partition coefficient (Wildman–Crippen LogP) is 1.18. The van der Waals surface area contributed by atoms with Crippen molar-refractivity contribution in [3.8, 4) is 11.5 Å². The molecule has 10 nitrogen and oxygen atoms in total. The summed E-state index contributed by atoms with van der Waals surface area (Å²) in [6, 6.07) is 1.85. The smallest absolute Gasteiger partial charge is 0.228 e. The maximum Gasteiger partial charge on any atom is 0.228 e. The number of nitrogens with two attached hydrogens (primary N) is 1. The van der Waals surface area contributed by atoms with Gasteiger partial charge in [-0.1, -0.05) is 0 Å². The minimum absolute atomic E-state index is 0.0398. The van der Waals surface area contributed by atoms with E-state index in [1.54, 1.807) is 6.07 Å². The van der Waals surface area contributed by atoms with Crippen LogP contribution in [0.15, 0.2) is 6.07 Å². The Balaban J connectivity index is 1.51. The van der Waals surface area contributed by atoms with E-state index in [1.807, 2.05) is 9.80 Å². The molecule has 1 atom stereocenters. The van der Waals surface area contributed by atoms with Crippen molar-refractivity contribution in [3.05, 3.63) is 11.9 Å². The maximum atomic E-state index is 15.4. The van der Waals surface area contributed by atoms with Gasteiger partial charge in [0.2, 0.25) is 11.9 Å². The number of carbonyl (C=O) groups is 1. The number of ether oxygens (including phenoxy) is 3. The van der Waals surface area contributed by atoms with E-state index in [4.69, 9.17) is 19.9 Å². The van der Waals surface area contributed by atoms with Crippen molar-refractivity contribution < 1.29 is 23.4 Å². The molecule has 0 bridgehead atoms. The van der Waals surface area contributed by atoms with E-state index in [0.29, 0.717) is 50.5 Å². The molecule has 2 aromatic rings. The highest BCUT2D eigenvalue weighted by atomic mass is 19.1. The number of aromatic nitrogens is 2. The van der Waals surface area contributed by atoms with Gasteiger partial charge in [0, 0.05) is 51.1 Å². The van der Waals surface area contributed by atoms with Gasteiger partial charge in [0.1, 0.15) is 17.9 Å². The molecule has 0 spiro atoms. The number of nitrogens with one attached hydrogen (secondary N) is 1. The Kier molecular flexibility index (Phi) is 7.29.